The molecule has 2 aromatic carbocycles. The molecule has 8 rings (SSSR count). The number of amides is 1. The lowest BCUT2D eigenvalue weighted by atomic mass is 9.96. The molecule has 0 aliphatic carbocycles. The normalized spacial score (nSPS) is 16.5. The number of pyridine rings is 1. The smallest absolute Gasteiger partial charge is 0.410 e. The zero-order valence-corrected chi connectivity index (χ0v) is 27.9. The SMILES string of the molecule is Cn1ncc2cc(-c3nc4c(c5sccc35)-c3c(F)cc(F)cc3OCCCC[C@H]3CN(C(=O)OC(C)(C)C)Cc5cc-4nn53)ccc21. The number of aromatic nitrogens is 5. The van der Waals surface area contributed by atoms with Gasteiger partial charge in [0, 0.05) is 52.3 Å². The molecule has 1 amide bonds. The van der Waals surface area contributed by atoms with Crippen molar-refractivity contribution in [3.8, 4) is 39.5 Å². The Kier molecular flexibility index (Phi) is 7.24. The van der Waals surface area contributed by atoms with Crippen molar-refractivity contribution >= 4 is 38.4 Å². The lowest BCUT2D eigenvalue weighted by Gasteiger charge is -2.35. The highest BCUT2D eigenvalue weighted by molar-refractivity contribution is 7.18. The maximum absolute atomic E-state index is 16.1. The van der Waals surface area contributed by atoms with Gasteiger partial charge in [-0.1, -0.05) is 6.07 Å². The third kappa shape index (κ3) is 5.28. The van der Waals surface area contributed by atoms with Crippen LogP contribution in [0.5, 0.6) is 5.75 Å². The first kappa shape index (κ1) is 30.5. The van der Waals surface area contributed by atoms with Crippen LogP contribution in [-0.4, -0.2) is 54.3 Å². The van der Waals surface area contributed by atoms with E-state index < -0.39 is 17.2 Å². The van der Waals surface area contributed by atoms with Gasteiger partial charge < -0.3 is 14.4 Å². The molecule has 0 saturated heterocycles. The number of aryl methyl sites for hydroxylation is 1. The zero-order valence-electron chi connectivity index (χ0n) is 27.1. The summed E-state index contributed by atoms with van der Waals surface area (Å²) in [6.07, 6.45) is 3.57. The fourth-order valence-corrected chi connectivity index (χ4v) is 7.75. The van der Waals surface area contributed by atoms with Crippen LogP contribution in [0.4, 0.5) is 13.6 Å². The van der Waals surface area contributed by atoms with E-state index in [4.69, 9.17) is 19.6 Å². The van der Waals surface area contributed by atoms with Crippen LogP contribution < -0.4 is 4.74 Å². The molecular weight excluding hydrogens is 634 g/mol. The van der Waals surface area contributed by atoms with Gasteiger partial charge in [0.15, 0.2) is 0 Å². The summed E-state index contributed by atoms with van der Waals surface area (Å²) in [5.41, 5.74) is 4.39. The van der Waals surface area contributed by atoms with Gasteiger partial charge in [-0.15, -0.1) is 11.3 Å². The van der Waals surface area contributed by atoms with Gasteiger partial charge in [0.2, 0.25) is 0 Å². The van der Waals surface area contributed by atoms with Crippen molar-refractivity contribution in [2.45, 2.75) is 58.2 Å². The van der Waals surface area contributed by atoms with Crippen molar-refractivity contribution < 1.29 is 23.0 Å². The summed E-state index contributed by atoms with van der Waals surface area (Å²) in [6.45, 7) is 6.58. The molecule has 9 nitrogen and oxygen atoms in total. The average molecular weight is 669 g/mol. The Labute approximate surface area is 279 Å². The van der Waals surface area contributed by atoms with E-state index in [1.807, 2.05) is 79.1 Å². The highest BCUT2D eigenvalue weighted by atomic mass is 32.1. The van der Waals surface area contributed by atoms with Gasteiger partial charge >= 0.3 is 6.09 Å². The van der Waals surface area contributed by atoms with E-state index in [0.29, 0.717) is 42.2 Å². The van der Waals surface area contributed by atoms with Crippen LogP contribution >= 0.6 is 11.3 Å². The van der Waals surface area contributed by atoms with Crippen molar-refractivity contribution in [1.82, 2.24) is 29.4 Å². The number of hydrogen-bond acceptors (Lipinski definition) is 7. The van der Waals surface area contributed by atoms with Gasteiger partial charge in [-0.3, -0.25) is 9.36 Å². The number of nitrogens with zero attached hydrogens (tertiary/aromatic N) is 6. The maximum Gasteiger partial charge on any atom is 0.410 e. The van der Waals surface area contributed by atoms with Crippen LogP contribution in [0.2, 0.25) is 0 Å². The molecule has 246 valence electrons. The third-order valence-corrected chi connectivity index (χ3v) is 9.85. The molecule has 0 spiro atoms. The number of fused-ring (bicyclic) bond motifs is 8. The molecule has 6 aromatic rings. The van der Waals surface area contributed by atoms with Crippen LogP contribution in [0.3, 0.4) is 0 Å². The summed E-state index contributed by atoms with van der Waals surface area (Å²) >= 11 is 1.46. The summed E-state index contributed by atoms with van der Waals surface area (Å²) in [5, 5.41) is 13.3. The van der Waals surface area contributed by atoms with Gasteiger partial charge in [-0.05, 0) is 69.7 Å². The fourth-order valence-electron chi connectivity index (χ4n) is 6.80. The number of carbonyl (C=O) groups excluding carboxylic acids is 1. The molecule has 0 fully saturated rings. The number of ether oxygens (including phenoxy) is 2. The molecule has 2 bridgehead atoms. The Hall–Kier alpha value is -4.84. The molecule has 12 heteroatoms. The quantitative estimate of drug-likeness (QED) is 0.175. The summed E-state index contributed by atoms with van der Waals surface area (Å²) in [4.78, 5) is 20.3. The Morgan fingerprint density at radius 1 is 1.06 bits per heavy atom. The van der Waals surface area contributed by atoms with Gasteiger partial charge in [0.25, 0.3) is 0 Å². The average Bonchev–Trinajstić information content (AvgIpc) is 3.78. The zero-order chi connectivity index (χ0) is 33.3. The van der Waals surface area contributed by atoms with E-state index in [0.717, 1.165) is 51.2 Å². The van der Waals surface area contributed by atoms with Crippen LogP contribution in [-0.2, 0) is 18.3 Å². The predicted octanol–water partition coefficient (Wildman–Crippen LogP) is 8.51. The van der Waals surface area contributed by atoms with E-state index in [1.165, 1.54) is 17.4 Å². The highest BCUT2D eigenvalue weighted by Gasteiger charge is 2.34. The van der Waals surface area contributed by atoms with Gasteiger partial charge in [-0.25, -0.2) is 18.6 Å². The molecule has 48 heavy (non-hydrogen) atoms. The molecule has 4 aromatic heterocycles. The van der Waals surface area contributed by atoms with Crippen molar-refractivity contribution in [2.75, 3.05) is 13.2 Å². The molecule has 1 atom stereocenters. The first-order valence-corrected chi connectivity index (χ1v) is 16.9. The van der Waals surface area contributed by atoms with Gasteiger partial charge in [-0.2, -0.15) is 10.2 Å². The molecular formula is C36H34F2N6O3S. The van der Waals surface area contributed by atoms with Crippen LogP contribution in [0.15, 0.2) is 54.0 Å². The van der Waals surface area contributed by atoms with Crippen LogP contribution in [0.1, 0.15) is 51.8 Å². The van der Waals surface area contributed by atoms with Crippen LogP contribution in [0, 0.1) is 11.6 Å². The highest BCUT2D eigenvalue weighted by Crippen LogP contribution is 2.47. The van der Waals surface area contributed by atoms with E-state index in [2.05, 4.69) is 5.10 Å². The minimum absolute atomic E-state index is 0.117. The van der Waals surface area contributed by atoms with Crippen molar-refractivity contribution in [1.29, 1.82) is 0 Å². The molecule has 2 aliphatic rings. The first-order valence-electron chi connectivity index (χ1n) is 16.1. The standard InChI is InChI=1S/C36H34F2N6O3S/c1-36(2,3)47-35(45)43-18-23-7-5-6-11-46-29-15-22(37)14-26(38)30(29)31-33(27-16-24(19-43)44(23)41-27)40-32(25-10-12-48-34(25)31)20-8-9-28-21(13-20)17-39-42(28)4/h8-10,12-17,23H,5-7,11,18-19H2,1-4H3/t23-/m0/s1. The monoisotopic (exact) mass is 668 g/mol. The summed E-state index contributed by atoms with van der Waals surface area (Å²) in [6, 6.07) is 12.0. The molecule has 0 unspecified atom stereocenters. The van der Waals surface area contributed by atoms with E-state index >= 15 is 4.39 Å². The minimum Gasteiger partial charge on any atom is -0.493 e. The number of rotatable bonds is 1. The Balaban J connectivity index is 1.38. The second-order valence-electron chi connectivity index (χ2n) is 13.5. The van der Waals surface area contributed by atoms with E-state index in [9.17, 15) is 9.18 Å². The van der Waals surface area contributed by atoms with Crippen LogP contribution in [0.25, 0.3) is 54.8 Å². The maximum atomic E-state index is 16.1. The summed E-state index contributed by atoms with van der Waals surface area (Å²) < 4.78 is 47.3. The second-order valence-corrected chi connectivity index (χ2v) is 14.4. The summed E-state index contributed by atoms with van der Waals surface area (Å²) in [7, 11) is 1.90. The van der Waals surface area contributed by atoms with E-state index in [1.54, 1.807) is 4.90 Å². The molecule has 0 radical (unpaired) electrons. The molecule has 2 aliphatic heterocycles. The van der Waals surface area contributed by atoms with Crippen molar-refractivity contribution in [3.63, 3.8) is 0 Å². The molecule has 0 N–H and O–H groups in total. The first-order chi connectivity index (χ1) is 23.0. The second kappa shape index (κ2) is 11.4. The summed E-state index contributed by atoms with van der Waals surface area (Å²) in [5.74, 6) is -1.31. The van der Waals surface area contributed by atoms with Gasteiger partial charge in [0.1, 0.15) is 34.4 Å². The Bertz CT molecular complexity index is 2230. The molecule has 6 heterocycles. The Morgan fingerprint density at radius 2 is 1.92 bits per heavy atom. The molecule has 0 saturated carbocycles. The largest absolute Gasteiger partial charge is 0.493 e. The minimum atomic E-state index is -0.736. The fraction of sp³-hybridized carbons (Fsp3) is 0.333. The number of hydrogen-bond donors (Lipinski definition) is 0. The number of thiophene rings is 1. The van der Waals surface area contributed by atoms with Crippen molar-refractivity contribution in [2.24, 2.45) is 7.05 Å². The third-order valence-electron chi connectivity index (χ3n) is 8.92. The number of benzene rings is 2. The number of carbonyl (C=O) groups is 1. The van der Waals surface area contributed by atoms with Crippen molar-refractivity contribution in [3.05, 3.63) is 71.4 Å². The Morgan fingerprint density at radius 3 is 2.75 bits per heavy atom. The number of halogens is 2. The van der Waals surface area contributed by atoms with Gasteiger partial charge in [0.05, 0.1) is 47.9 Å². The lowest BCUT2D eigenvalue weighted by molar-refractivity contribution is 0.0153. The van der Waals surface area contributed by atoms with E-state index in [-0.39, 0.29) is 30.1 Å². The predicted molar refractivity (Wildman–Crippen MR) is 181 cm³/mol. The topological polar surface area (TPSA) is 87.3 Å². The lowest BCUT2D eigenvalue weighted by Crippen LogP contribution is -2.43.